The number of nitrogens with one attached hydrogen (secondary N) is 1. The largest absolute Gasteiger partial charge is 0.506 e. The third-order valence-electron chi connectivity index (χ3n) is 5.18. The summed E-state index contributed by atoms with van der Waals surface area (Å²) in [5, 5.41) is 10.0. The molecule has 0 saturated carbocycles. The normalized spacial score (nSPS) is 21.0. The predicted octanol–water partition coefficient (Wildman–Crippen LogP) is 1.60. The number of nitrogens with two attached hydrogens (primary N) is 1. The summed E-state index contributed by atoms with van der Waals surface area (Å²) in [5.74, 6) is 0.589. The highest BCUT2D eigenvalue weighted by atomic mass is 32.2. The lowest BCUT2D eigenvalue weighted by atomic mass is 10.0. The highest BCUT2D eigenvalue weighted by Gasteiger charge is 2.27. The second-order valence-corrected chi connectivity index (χ2v) is 8.50. The van der Waals surface area contributed by atoms with Gasteiger partial charge in [-0.1, -0.05) is 12.5 Å². The van der Waals surface area contributed by atoms with Crippen molar-refractivity contribution in [2.45, 2.75) is 31.8 Å². The van der Waals surface area contributed by atoms with E-state index in [1.54, 1.807) is 24.4 Å². The van der Waals surface area contributed by atoms with Crippen molar-refractivity contribution >= 4 is 21.7 Å². The number of nitrogens with zero attached hydrogens (tertiary/aromatic N) is 3. The fraction of sp³-hybridized carbons (Fsp3) is 0.368. The highest BCUT2D eigenvalue weighted by Crippen LogP contribution is 2.31. The second kappa shape index (κ2) is 7.88. The summed E-state index contributed by atoms with van der Waals surface area (Å²) in [6.45, 7) is 1.94. The summed E-state index contributed by atoms with van der Waals surface area (Å²) in [5.41, 5.74) is 7.53. The summed E-state index contributed by atoms with van der Waals surface area (Å²) < 4.78 is 35.4. The van der Waals surface area contributed by atoms with Crippen molar-refractivity contribution in [2.24, 2.45) is 10.1 Å². The van der Waals surface area contributed by atoms with E-state index in [0.29, 0.717) is 30.2 Å². The Morgan fingerprint density at radius 2 is 2.17 bits per heavy atom. The average Bonchev–Trinajstić information content (AvgIpc) is 2.68. The van der Waals surface area contributed by atoms with Gasteiger partial charge in [0.2, 0.25) is 0 Å². The van der Waals surface area contributed by atoms with E-state index in [-0.39, 0.29) is 17.6 Å². The van der Waals surface area contributed by atoms with E-state index >= 15 is 0 Å². The van der Waals surface area contributed by atoms with Crippen LogP contribution in [0, 0.1) is 0 Å². The Labute approximate surface area is 169 Å². The van der Waals surface area contributed by atoms with Gasteiger partial charge in [0, 0.05) is 24.3 Å². The first-order valence-corrected chi connectivity index (χ1v) is 10.9. The van der Waals surface area contributed by atoms with Gasteiger partial charge in [0.05, 0.1) is 17.4 Å². The minimum Gasteiger partial charge on any atom is -0.506 e. The molecular formula is C19H23N5O4S. The van der Waals surface area contributed by atoms with Crippen LogP contribution in [0.1, 0.15) is 30.4 Å². The van der Waals surface area contributed by atoms with Gasteiger partial charge in [-0.2, -0.15) is 8.42 Å². The van der Waals surface area contributed by atoms with Crippen molar-refractivity contribution in [1.29, 1.82) is 0 Å². The van der Waals surface area contributed by atoms with Crippen LogP contribution in [0.5, 0.6) is 11.5 Å². The molecule has 2 aliphatic heterocycles. The van der Waals surface area contributed by atoms with Gasteiger partial charge in [0.15, 0.2) is 5.84 Å². The molecule has 29 heavy (non-hydrogen) atoms. The molecule has 4 rings (SSSR count). The van der Waals surface area contributed by atoms with Crippen LogP contribution in [0.2, 0.25) is 0 Å². The van der Waals surface area contributed by atoms with Crippen LogP contribution in [0.3, 0.4) is 0 Å². The van der Waals surface area contributed by atoms with Crippen LogP contribution < -0.4 is 15.2 Å². The lowest BCUT2D eigenvalue weighted by Crippen LogP contribution is -2.42. The van der Waals surface area contributed by atoms with Crippen LogP contribution >= 0.6 is 0 Å². The number of benzene rings is 1. The maximum absolute atomic E-state index is 11.7. The first-order chi connectivity index (χ1) is 13.9. The molecule has 10 heteroatoms. The number of hydrogen-bond acceptors (Lipinski definition) is 7. The van der Waals surface area contributed by atoms with Gasteiger partial charge in [-0.3, -0.25) is 14.6 Å². The minimum absolute atomic E-state index is 0.0865. The van der Waals surface area contributed by atoms with E-state index in [1.165, 1.54) is 6.20 Å². The molecule has 154 valence electrons. The third kappa shape index (κ3) is 4.28. The minimum atomic E-state index is -3.82. The van der Waals surface area contributed by atoms with Gasteiger partial charge in [0.25, 0.3) is 0 Å². The van der Waals surface area contributed by atoms with Gasteiger partial charge in [-0.25, -0.2) is 0 Å². The van der Waals surface area contributed by atoms with Crippen LogP contribution in [-0.2, 0) is 16.8 Å². The summed E-state index contributed by atoms with van der Waals surface area (Å²) in [6.07, 6.45) is 6.28. The third-order valence-corrected chi connectivity index (χ3v) is 6.10. The number of hydrogen-bond donors (Lipinski definition) is 3. The van der Waals surface area contributed by atoms with Crippen LogP contribution in [0.15, 0.2) is 41.1 Å². The Bertz CT molecular complexity index is 1040. The Kier molecular flexibility index (Phi) is 5.29. The Morgan fingerprint density at radius 3 is 3.00 bits per heavy atom. The van der Waals surface area contributed by atoms with Gasteiger partial charge in [-0.05, 0) is 37.6 Å². The molecule has 1 saturated heterocycles. The highest BCUT2D eigenvalue weighted by molar-refractivity contribution is 7.91. The molecule has 2 aliphatic rings. The van der Waals surface area contributed by atoms with Gasteiger partial charge < -0.3 is 15.6 Å². The van der Waals surface area contributed by atoms with Crippen LogP contribution in [0.25, 0.3) is 0 Å². The quantitative estimate of drug-likeness (QED) is 0.673. The lowest BCUT2D eigenvalue weighted by molar-refractivity contribution is 0.0925. The Hall–Kier alpha value is -2.85. The number of aromatic nitrogens is 1. The molecule has 1 fully saturated rings. The molecular weight excluding hydrogens is 394 g/mol. The zero-order chi connectivity index (χ0) is 20.4. The molecule has 1 aromatic carbocycles. The summed E-state index contributed by atoms with van der Waals surface area (Å²) in [6, 6.07) is 7.07. The number of amidine groups is 1. The van der Waals surface area contributed by atoms with Crippen molar-refractivity contribution in [3.05, 3.63) is 47.8 Å². The van der Waals surface area contributed by atoms with E-state index in [2.05, 4.69) is 19.0 Å². The van der Waals surface area contributed by atoms with E-state index in [1.807, 2.05) is 6.07 Å². The maximum Gasteiger partial charge on any atom is 0.344 e. The van der Waals surface area contributed by atoms with Gasteiger partial charge in [-0.15, -0.1) is 4.40 Å². The zero-order valence-electron chi connectivity index (χ0n) is 15.8. The standard InChI is InChI=1S/C19H23N5O4S/c20-19-18-15(22-29(26,27)23-19)5-3-6-17(18)28-12-14-4-1-2-9-24(14)11-13-7-8-21-10-16(13)25/h3,5-8,10,14,22,25H,1-2,4,9,11-12H2,(H2,20,23)/t14-/m1/s1. The van der Waals surface area contributed by atoms with E-state index in [9.17, 15) is 13.5 Å². The molecule has 0 radical (unpaired) electrons. The number of fused-ring (bicyclic) bond motifs is 1. The Morgan fingerprint density at radius 1 is 1.31 bits per heavy atom. The number of anilines is 1. The topological polar surface area (TPSA) is 130 Å². The number of piperidine rings is 1. The Balaban J connectivity index is 1.50. The fourth-order valence-electron chi connectivity index (χ4n) is 3.75. The number of ether oxygens (including phenoxy) is 1. The van der Waals surface area contributed by atoms with Gasteiger partial charge >= 0.3 is 10.2 Å². The number of likely N-dealkylation sites (tertiary alicyclic amines) is 1. The molecule has 0 amide bonds. The smallest absolute Gasteiger partial charge is 0.344 e. The number of aromatic hydroxyl groups is 1. The molecule has 0 unspecified atom stereocenters. The van der Waals surface area contributed by atoms with Crippen molar-refractivity contribution in [3.63, 3.8) is 0 Å². The van der Waals surface area contributed by atoms with E-state index in [4.69, 9.17) is 10.5 Å². The summed E-state index contributed by atoms with van der Waals surface area (Å²) >= 11 is 0. The first-order valence-electron chi connectivity index (χ1n) is 9.43. The molecule has 4 N–H and O–H groups in total. The van der Waals surface area contributed by atoms with Crippen molar-refractivity contribution < 1.29 is 18.3 Å². The predicted molar refractivity (Wildman–Crippen MR) is 109 cm³/mol. The molecule has 9 nitrogen and oxygen atoms in total. The molecule has 2 aromatic rings. The maximum atomic E-state index is 11.7. The number of rotatable bonds is 5. The van der Waals surface area contributed by atoms with Crippen molar-refractivity contribution in [1.82, 2.24) is 9.88 Å². The van der Waals surface area contributed by atoms with E-state index < -0.39 is 10.2 Å². The molecule has 3 heterocycles. The molecule has 1 atom stereocenters. The van der Waals surface area contributed by atoms with E-state index in [0.717, 1.165) is 31.4 Å². The van der Waals surface area contributed by atoms with Crippen molar-refractivity contribution in [2.75, 3.05) is 17.9 Å². The molecule has 1 aromatic heterocycles. The second-order valence-electron chi connectivity index (χ2n) is 7.17. The SMILES string of the molecule is NC1=NS(=O)(=O)Nc2cccc(OC[C@H]3CCCCN3Cc3ccncc3O)c21. The number of pyridine rings is 1. The van der Waals surface area contributed by atoms with Crippen LogP contribution in [0.4, 0.5) is 5.69 Å². The lowest BCUT2D eigenvalue weighted by Gasteiger charge is -2.35. The molecule has 0 bridgehead atoms. The van der Waals surface area contributed by atoms with Gasteiger partial charge in [0.1, 0.15) is 18.1 Å². The summed E-state index contributed by atoms with van der Waals surface area (Å²) in [4.78, 5) is 6.21. The summed E-state index contributed by atoms with van der Waals surface area (Å²) in [7, 11) is -3.82. The fourth-order valence-corrected chi connectivity index (χ4v) is 4.59. The zero-order valence-corrected chi connectivity index (χ0v) is 16.6. The monoisotopic (exact) mass is 417 g/mol. The average molecular weight is 417 g/mol. The first kappa shape index (κ1) is 19.5. The van der Waals surface area contributed by atoms with Crippen molar-refractivity contribution in [3.8, 4) is 11.5 Å². The molecule has 0 spiro atoms. The molecule has 0 aliphatic carbocycles. The van der Waals surface area contributed by atoms with Crippen LogP contribution in [-0.4, -0.2) is 48.4 Å².